The van der Waals surface area contributed by atoms with Crippen LogP contribution in [-0.2, 0) is 20.5 Å². The number of benzene rings is 2. The van der Waals surface area contributed by atoms with E-state index in [0.29, 0.717) is 44.0 Å². The van der Waals surface area contributed by atoms with Gasteiger partial charge in [0.1, 0.15) is 11.8 Å². The van der Waals surface area contributed by atoms with Gasteiger partial charge in [0.25, 0.3) is 0 Å². The summed E-state index contributed by atoms with van der Waals surface area (Å²) in [5.41, 5.74) is 1.69. The molecular formula is C28H34N4O5S. The maximum atomic E-state index is 13.7. The molecule has 3 aromatic rings. The van der Waals surface area contributed by atoms with E-state index in [0.717, 1.165) is 24.8 Å². The molecule has 2 heterocycles. The Kier molecular flexibility index (Phi) is 8.11. The van der Waals surface area contributed by atoms with Crippen molar-refractivity contribution in [1.29, 1.82) is 0 Å². The lowest BCUT2D eigenvalue weighted by molar-refractivity contribution is 0.0204. The molecule has 202 valence electrons. The molecule has 0 bridgehead atoms. The van der Waals surface area contributed by atoms with Gasteiger partial charge in [-0.2, -0.15) is 14.1 Å². The monoisotopic (exact) mass is 538 g/mol. The largest absolute Gasteiger partial charge is 0.483 e. The average molecular weight is 539 g/mol. The van der Waals surface area contributed by atoms with Gasteiger partial charge in [-0.05, 0) is 37.0 Å². The predicted molar refractivity (Wildman–Crippen MR) is 146 cm³/mol. The first kappa shape index (κ1) is 26.4. The van der Waals surface area contributed by atoms with E-state index >= 15 is 0 Å². The van der Waals surface area contributed by atoms with E-state index in [4.69, 9.17) is 9.47 Å². The zero-order valence-corrected chi connectivity index (χ0v) is 22.4. The second-order valence-electron chi connectivity index (χ2n) is 9.80. The van der Waals surface area contributed by atoms with Crippen LogP contribution in [0.15, 0.2) is 71.7 Å². The van der Waals surface area contributed by atoms with Crippen LogP contribution in [0.4, 0.5) is 5.69 Å². The van der Waals surface area contributed by atoms with E-state index in [1.54, 1.807) is 13.3 Å². The first-order valence-electron chi connectivity index (χ1n) is 13.1. The zero-order chi connectivity index (χ0) is 26.5. The Labute approximate surface area is 223 Å². The number of hydrogen-bond acceptors (Lipinski definition) is 7. The van der Waals surface area contributed by atoms with Crippen LogP contribution in [0.2, 0.25) is 0 Å². The number of hydrogen-bond donors (Lipinski definition) is 0. The highest BCUT2D eigenvalue weighted by molar-refractivity contribution is 7.88. The van der Waals surface area contributed by atoms with Crippen molar-refractivity contribution in [3.05, 3.63) is 82.8 Å². The Hall–Kier alpha value is -3.21. The summed E-state index contributed by atoms with van der Waals surface area (Å²) in [7, 11) is -1.75. The van der Waals surface area contributed by atoms with Crippen LogP contribution in [-0.4, -0.2) is 68.0 Å². The number of nitrogens with zero attached hydrogens (tertiary/aromatic N) is 4. The Bertz CT molecular complexity index is 1370. The van der Waals surface area contributed by atoms with E-state index in [2.05, 4.69) is 5.10 Å². The number of anilines is 1. The third-order valence-corrected chi connectivity index (χ3v) is 9.13. The maximum absolute atomic E-state index is 13.7. The van der Waals surface area contributed by atoms with Gasteiger partial charge in [-0.25, -0.2) is 8.42 Å². The van der Waals surface area contributed by atoms with Gasteiger partial charge in [-0.15, -0.1) is 0 Å². The minimum absolute atomic E-state index is 0.0285. The molecule has 1 saturated heterocycles. The van der Waals surface area contributed by atoms with Crippen molar-refractivity contribution < 1.29 is 17.9 Å². The van der Waals surface area contributed by atoms with Gasteiger partial charge in [-0.1, -0.05) is 48.5 Å². The number of ether oxygens (including phenoxy) is 2. The molecule has 1 aromatic heterocycles. The first-order valence-corrected chi connectivity index (χ1v) is 14.7. The normalized spacial score (nSPS) is 20.8. The fourth-order valence-corrected chi connectivity index (χ4v) is 6.71. The summed E-state index contributed by atoms with van der Waals surface area (Å²) in [4.78, 5) is 15.7. The zero-order valence-electron chi connectivity index (χ0n) is 21.6. The summed E-state index contributed by atoms with van der Waals surface area (Å²) in [6.07, 6.45) is 5.14. The molecule has 1 saturated carbocycles. The minimum atomic E-state index is -3.45. The fourth-order valence-electron chi connectivity index (χ4n) is 5.19. The van der Waals surface area contributed by atoms with Crippen LogP contribution in [0, 0.1) is 0 Å². The highest BCUT2D eigenvalue weighted by atomic mass is 32.2. The van der Waals surface area contributed by atoms with Crippen molar-refractivity contribution >= 4 is 15.7 Å². The quantitative estimate of drug-likeness (QED) is 0.435. The number of piperazine rings is 1. The third kappa shape index (κ3) is 5.92. The highest BCUT2D eigenvalue weighted by Gasteiger charge is 2.31. The number of sulfonamides is 1. The number of para-hydroxylation sites is 1. The molecule has 38 heavy (non-hydrogen) atoms. The van der Waals surface area contributed by atoms with Crippen molar-refractivity contribution in [2.24, 2.45) is 0 Å². The van der Waals surface area contributed by atoms with Crippen LogP contribution < -0.4 is 15.2 Å². The Balaban J connectivity index is 1.38. The van der Waals surface area contributed by atoms with E-state index in [9.17, 15) is 13.2 Å². The van der Waals surface area contributed by atoms with Crippen LogP contribution in [0.3, 0.4) is 0 Å². The number of aromatic nitrogens is 2. The lowest BCUT2D eigenvalue weighted by Gasteiger charge is -2.36. The molecule has 9 nitrogen and oxygen atoms in total. The molecule has 1 aliphatic carbocycles. The van der Waals surface area contributed by atoms with Gasteiger partial charge in [-0.3, -0.25) is 4.79 Å². The van der Waals surface area contributed by atoms with Crippen LogP contribution in [0.5, 0.6) is 5.75 Å². The SMILES string of the molecule is COC1CCCC(Oc2c(N3CCN(S(=O)(=O)Cc4ccccc4)CC3)cnn(-c3ccccc3)c2=O)C1. The molecule has 10 heteroatoms. The van der Waals surface area contributed by atoms with Gasteiger partial charge in [0.15, 0.2) is 0 Å². The molecule has 2 atom stereocenters. The topological polar surface area (TPSA) is 94.0 Å². The van der Waals surface area contributed by atoms with Crippen molar-refractivity contribution in [2.75, 3.05) is 38.2 Å². The van der Waals surface area contributed by atoms with Crippen LogP contribution >= 0.6 is 0 Å². The summed E-state index contributed by atoms with van der Waals surface area (Å²) < 4.78 is 41.0. The third-order valence-electron chi connectivity index (χ3n) is 7.28. The molecule has 0 N–H and O–H groups in total. The molecule has 2 aliphatic rings. The molecule has 2 fully saturated rings. The van der Waals surface area contributed by atoms with Crippen LogP contribution in [0.25, 0.3) is 5.69 Å². The van der Waals surface area contributed by atoms with Crippen molar-refractivity contribution in [3.8, 4) is 11.4 Å². The maximum Gasteiger partial charge on any atom is 0.316 e. The van der Waals surface area contributed by atoms with Crippen molar-refractivity contribution in [2.45, 2.75) is 43.6 Å². The fraction of sp³-hybridized carbons (Fsp3) is 0.429. The van der Waals surface area contributed by atoms with Gasteiger partial charge in [0.05, 0.1) is 23.7 Å². The summed E-state index contributed by atoms with van der Waals surface area (Å²) in [5.74, 6) is 0.227. The summed E-state index contributed by atoms with van der Waals surface area (Å²) in [6.45, 7) is 1.52. The minimum Gasteiger partial charge on any atom is -0.483 e. The van der Waals surface area contributed by atoms with Crippen molar-refractivity contribution in [3.63, 3.8) is 0 Å². The molecule has 2 unspecified atom stereocenters. The smallest absolute Gasteiger partial charge is 0.316 e. The second kappa shape index (κ2) is 11.7. The van der Waals surface area contributed by atoms with E-state index in [1.165, 1.54) is 8.99 Å². The lowest BCUT2D eigenvalue weighted by Crippen LogP contribution is -2.49. The van der Waals surface area contributed by atoms with Gasteiger partial charge >= 0.3 is 5.56 Å². The summed E-state index contributed by atoms with van der Waals surface area (Å²) >= 11 is 0. The van der Waals surface area contributed by atoms with Crippen molar-refractivity contribution in [1.82, 2.24) is 14.1 Å². The predicted octanol–water partition coefficient (Wildman–Crippen LogP) is 3.22. The lowest BCUT2D eigenvalue weighted by atomic mass is 9.95. The molecule has 5 rings (SSSR count). The van der Waals surface area contributed by atoms with E-state index in [1.807, 2.05) is 65.6 Å². The molecule has 0 radical (unpaired) electrons. The Morgan fingerprint density at radius 2 is 1.58 bits per heavy atom. The standard InChI is InChI=1S/C28H34N4O5S/c1-36-24-13-8-14-25(19-24)37-27-26(20-29-32(28(27)33)23-11-6-3-7-12-23)30-15-17-31(18-16-30)38(34,35)21-22-9-4-2-5-10-22/h2-7,9-12,20,24-25H,8,13-19,21H2,1H3. The average Bonchev–Trinajstić information content (AvgIpc) is 2.95. The Morgan fingerprint density at radius 1 is 0.921 bits per heavy atom. The molecule has 2 aromatic carbocycles. The summed E-state index contributed by atoms with van der Waals surface area (Å²) in [5, 5.41) is 4.46. The Morgan fingerprint density at radius 3 is 2.26 bits per heavy atom. The van der Waals surface area contributed by atoms with E-state index in [-0.39, 0.29) is 29.3 Å². The number of methoxy groups -OCH3 is 1. The molecule has 0 spiro atoms. The molecule has 0 amide bonds. The second-order valence-corrected chi connectivity index (χ2v) is 11.8. The highest BCUT2D eigenvalue weighted by Crippen LogP contribution is 2.31. The van der Waals surface area contributed by atoms with Gasteiger partial charge < -0.3 is 14.4 Å². The van der Waals surface area contributed by atoms with Gasteiger partial charge in [0, 0.05) is 39.7 Å². The number of rotatable bonds is 8. The van der Waals surface area contributed by atoms with Gasteiger partial charge in [0.2, 0.25) is 15.8 Å². The molecule has 1 aliphatic heterocycles. The molecular weight excluding hydrogens is 504 g/mol. The van der Waals surface area contributed by atoms with E-state index < -0.39 is 10.0 Å². The summed E-state index contributed by atoms with van der Waals surface area (Å²) in [6, 6.07) is 18.5. The first-order chi connectivity index (χ1) is 18.4. The van der Waals surface area contributed by atoms with Crippen LogP contribution in [0.1, 0.15) is 31.2 Å².